The third kappa shape index (κ3) is 3.19. The zero-order valence-electron chi connectivity index (χ0n) is 11.5. The van der Waals surface area contributed by atoms with E-state index in [0.717, 1.165) is 24.4 Å². The molecule has 0 spiro atoms. The number of aliphatic carboxylic acids is 1. The Morgan fingerprint density at radius 2 is 2.10 bits per heavy atom. The second-order valence-electron chi connectivity index (χ2n) is 4.29. The van der Waals surface area contributed by atoms with Gasteiger partial charge in [-0.2, -0.15) is 0 Å². The van der Waals surface area contributed by atoms with Gasteiger partial charge in [0, 0.05) is 12.1 Å². The van der Waals surface area contributed by atoms with E-state index in [9.17, 15) is 4.79 Å². The van der Waals surface area contributed by atoms with Crippen LogP contribution in [0, 0.1) is 0 Å². The number of thioether (sulfide) groups is 1. The maximum Gasteiger partial charge on any atom is 0.313 e. The van der Waals surface area contributed by atoms with Crippen molar-refractivity contribution in [1.82, 2.24) is 14.8 Å². The summed E-state index contributed by atoms with van der Waals surface area (Å²) in [5.74, 6) is -0.0361. The van der Waals surface area contributed by atoms with E-state index >= 15 is 0 Å². The van der Waals surface area contributed by atoms with Crippen molar-refractivity contribution >= 4 is 17.7 Å². The largest absolute Gasteiger partial charge is 0.481 e. The molecule has 2 rings (SSSR count). The lowest BCUT2D eigenvalue weighted by molar-refractivity contribution is -0.133. The quantitative estimate of drug-likeness (QED) is 0.828. The van der Waals surface area contributed by atoms with Crippen LogP contribution in [0.25, 0.3) is 5.69 Å². The monoisotopic (exact) mass is 291 g/mol. The van der Waals surface area contributed by atoms with Gasteiger partial charge in [0.2, 0.25) is 0 Å². The Balaban J connectivity index is 2.41. The first kappa shape index (κ1) is 14.6. The molecule has 0 saturated carbocycles. The van der Waals surface area contributed by atoms with Gasteiger partial charge >= 0.3 is 5.97 Å². The van der Waals surface area contributed by atoms with Crippen molar-refractivity contribution in [3.05, 3.63) is 35.7 Å². The fraction of sp³-hybridized carbons (Fsp3) is 0.357. The van der Waals surface area contributed by atoms with E-state index in [1.54, 1.807) is 0 Å². The van der Waals surface area contributed by atoms with Crippen molar-refractivity contribution in [2.75, 3.05) is 5.75 Å². The number of rotatable bonds is 6. The highest BCUT2D eigenvalue weighted by molar-refractivity contribution is 7.99. The van der Waals surface area contributed by atoms with Crippen molar-refractivity contribution in [3.63, 3.8) is 0 Å². The summed E-state index contributed by atoms with van der Waals surface area (Å²) in [5, 5.41) is 17.7. The maximum atomic E-state index is 10.7. The van der Waals surface area contributed by atoms with Crippen LogP contribution in [0.5, 0.6) is 0 Å². The first-order valence-corrected chi connectivity index (χ1v) is 7.52. The number of aromatic nitrogens is 3. The molecule has 0 aliphatic rings. The summed E-state index contributed by atoms with van der Waals surface area (Å²) in [6.07, 6.45) is 1.70. The van der Waals surface area contributed by atoms with Crippen LogP contribution in [-0.2, 0) is 17.6 Å². The van der Waals surface area contributed by atoms with Crippen molar-refractivity contribution in [3.8, 4) is 5.69 Å². The van der Waals surface area contributed by atoms with Crippen LogP contribution in [0.3, 0.4) is 0 Å². The van der Waals surface area contributed by atoms with Gasteiger partial charge < -0.3 is 5.11 Å². The zero-order valence-corrected chi connectivity index (χ0v) is 12.4. The molecule has 6 heteroatoms. The Hall–Kier alpha value is -1.82. The van der Waals surface area contributed by atoms with Gasteiger partial charge in [-0.05, 0) is 24.1 Å². The molecule has 0 saturated heterocycles. The summed E-state index contributed by atoms with van der Waals surface area (Å²) in [6, 6.07) is 8.16. The van der Waals surface area contributed by atoms with Gasteiger partial charge in [0.1, 0.15) is 5.82 Å². The predicted molar refractivity (Wildman–Crippen MR) is 78.5 cm³/mol. The molecule has 0 unspecified atom stereocenters. The van der Waals surface area contributed by atoms with Crippen LogP contribution in [0.2, 0.25) is 0 Å². The minimum atomic E-state index is -0.857. The molecule has 1 heterocycles. The molecule has 5 nitrogen and oxygen atoms in total. The van der Waals surface area contributed by atoms with E-state index in [4.69, 9.17) is 5.11 Å². The number of benzene rings is 1. The Morgan fingerprint density at radius 3 is 2.75 bits per heavy atom. The summed E-state index contributed by atoms with van der Waals surface area (Å²) in [6.45, 7) is 4.11. The van der Waals surface area contributed by atoms with Crippen LogP contribution in [0.15, 0.2) is 29.4 Å². The van der Waals surface area contributed by atoms with Gasteiger partial charge in [-0.3, -0.25) is 9.36 Å². The fourth-order valence-electron chi connectivity index (χ4n) is 1.92. The average molecular weight is 291 g/mol. The number of hydrogen-bond donors (Lipinski definition) is 1. The van der Waals surface area contributed by atoms with Gasteiger partial charge in [0.25, 0.3) is 0 Å². The normalized spacial score (nSPS) is 10.7. The number of carbonyl (C=O) groups is 1. The van der Waals surface area contributed by atoms with Gasteiger partial charge in [-0.1, -0.05) is 37.7 Å². The minimum absolute atomic E-state index is 0.0185. The molecule has 1 aromatic carbocycles. The summed E-state index contributed by atoms with van der Waals surface area (Å²) < 4.78 is 1.94. The molecule has 0 fully saturated rings. The van der Waals surface area contributed by atoms with E-state index < -0.39 is 5.97 Å². The standard InChI is InChI=1S/C14H17N3O2S/c1-3-10-6-5-7-11(8-10)17-12(4-2)15-16-14(17)20-9-13(18)19/h5-8H,3-4,9H2,1-2H3,(H,18,19). The third-order valence-corrected chi connectivity index (χ3v) is 3.83. The SMILES string of the molecule is CCc1cccc(-n2c(CC)nnc2SCC(=O)O)c1. The highest BCUT2D eigenvalue weighted by Crippen LogP contribution is 2.23. The first-order valence-electron chi connectivity index (χ1n) is 6.53. The topological polar surface area (TPSA) is 68.0 Å². The molecule has 0 radical (unpaired) electrons. The van der Waals surface area contributed by atoms with E-state index in [1.165, 1.54) is 17.3 Å². The molecule has 0 atom stereocenters. The molecule has 1 aromatic heterocycles. The van der Waals surface area contributed by atoms with Crippen molar-refractivity contribution in [1.29, 1.82) is 0 Å². The van der Waals surface area contributed by atoms with E-state index in [-0.39, 0.29) is 5.75 Å². The van der Waals surface area contributed by atoms with E-state index in [2.05, 4.69) is 29.3 Å². The Morgan fingerprint density at radius 1 is 1.30 bits per heavy atom. The molecule has 1 N–H and O–H groups in total. The predicted octanol–water partition coefficient (Wildman–Crippen LogP) is 2.57. The lowest BCUT2D eigenvalue weighted by Gasteiger charge is -2.10. The van der Waals surface area contributed by atoms with E-state index in [0.29, 0.717) is 5.16 Å². The highest BCUT2D eigenvalue weighted by Gasteiger charge is 2.14. The second kappa shape index (κ2) is 6.56. The maximum absolute atomic E-state index is 10.7. The van der Waals surface area contributed by atoms with E-state index in [1.807, 2.05) is 23.6 Å². The van der Waals surface area contributed by atoms with Gasteiger partial charge in [0.05, 0.1) is 5.75 Å². The van der Waals surface area contributed by atoms with Crippen LogP contribution in [0.1, 0.15) is 25.2 Å². The minimum Gasteiger partial charge on any atom is -0.481 e. The summed E-state index contributed by atoms with van der Waals surface area (Å²) in [5.41, 5.74) is 2.21. The summed E-state index contributed by atoms with van der Waals surface area (Å²) in [4.78, 5) is 10.7. The molecular formula is C14H17N3O2S. The zero-order chi connectivity index (χ0) is 14.5. The summed E-state index contributed by atoms with van der Waals surface area (Å²) in [7, 11) is 0. The highest BCUT2D eigenvalue weighted by atomic mass is 32.2. The van der Waals surface area contributed by atoms with Crippen LogP contribution in [0.4, 0.5) is 0 Å². The number of carboxylic acid groups (broad SMARTS) is 1. The number of nitrogens with zero attached hydrogens (tertiary/aromatic N) is 3. The number of hydrogen-bond acceptors (Lipinski definition) is 4. The number of aryl methyl sites for hydroxylation is 2. The van der Waals surface area contributed by atoms with Crippen molar-refractivity contribution < 1.29 is 9.90 Å². The van der Waals surface area contributed by atoms with Crippen LogP contribution < -0.4 is 0 Å². The summed E-state index contributed by atoms with van der Waals surface area (Å²) >= 11 is 1.19. The van der Waals surface area contributed by atoms with Gasteiger partial charge in [-0.15, -0.1) is 10.2 Å². The lowest BCUT2D eigenvalue weighted by Crippen LogP contribution is -2.04. The van der Waals surface area contributed by atoms with Gasteiger partial charge in [0.15, 0.2) is 5.16 Å². The van der Waals surface area contributed by atoms with Crippen LogP contribution in [-0.4, -0.2) is 31.6 Å². The Labute approximate surface area is 122 Å². The number of carboxylic acids is 1. The second-order valence-corrected chi connectivity index (χ2v) is 5.24. The molecule has 20 heavy (non-hydrogen) atoms. The first-order chi connectivity index (χ1) is 9.65. The molecular weight excluding hydrogens is 274 g/mol. The Kier molecular flexibility index (Phi) is 4.79. The fourth-order valence-corrected chi connectivity index (χ4v) is 2.61. The molecule has 0 aliphatic carbocycles. The molecule has 0 aliphatic heterocycles. The third-order valence-electron chi connectivity index (χ3n) is 2.92. The van der Waals surface area contributed by atoms with Gasteiger partial charge in [-0.25, -0.2) is 0 Å². The van der Waals surface area contributed by atoms with Crippen molar-refractivity contribution in [2.24, 2.45) is 0 Å². The molecule has 0 amide bonds. The average Bonchev–Trinajstić information content (AvgIpc) is 2.88. The lowest BCUT2D eigenvalue weighted by atomic mass is 10.1. The van der Waals surface area contributed by atoms with Crippen molar-refractivity contribution in [2.45, 2.75) is 31.8 Å². The Bertz CT molecular complexity index is 610. The molecule has 2 aromatic rings. The smallest absolute Gasteiger partial charge is 0.313 e. The molecule has 0 bridgehead atoms. The van der Waals surface area contributed by atoms with Crippen LogP contribution >= 0.6 is 11.8 Å². The molecule has 106 valence electrons.